The lowest BCUT2D eigenvalue weighted by Crippen LogP contribution is -1.96. The van der Waals surface area contributed by atoms with E-state index in [9.17, 15) is 0 Å². The Hall–Kier alpha value is -3.23. The van der Waals surface area contributed by atoms with Gasteiger partial charge in [-0.05, 0) is 28.8 Å². The number of benzene rings is 3. The number of pyridine rings is 1. The molecule has 2 N–H and O–H groups in total. The molecule has 0 radical (unpaired) electrons. The summed E-state index contributed by atoms with van der Waals surface area (Å²) < 4.78 is 0. The highest BCUT2D eigenvalue weighted by Crippen LogP contribution is 2.30. The summed E-state index contributed by atoms with van der Waals surface area (Å²) in [7, 11) is 0. The topological polar surface area (TPSA) is 38.9 Å². The van der Waals surface area contributed by atoms with Crippen LogP contribution in [0.3, 0.4) is 0 Å². The first-order valence-electron chi connectivity index (χ1n) is 8.76. The number of rotatable bonds is 4. The monoisotopic (exact) mass is 336 g/mol. The summed E-state index contributed by atoms with van der Waals surface area (Å²) in [6, 6.07) is 33.3. The van der Waals surface area contributed by atoms with Crippen molar-refractivity contribution in [1.82, 2.24) is 4.98 Å². The van der Waals surface area contributed by atoms with Crippen LogP contribution in [0, 0.1) is 0 Å². The normalized spacial score (nSPS) is 10.7. The Morgan fingerprint density at radius 2 is 1.04 bits per heavy atom. The lowest BCUT2D eigenvalue weighted by atomic mass is 9.99. The third-order valence-corrected chi connectivity index (χ3v) is 4.49. The van der Waals surface area contributed by atoms with Gasteiger partial charge in [-0.2, -0.15) is 0 Å². The highest BCUT2D eigenvalue weighted by Gasteiger charge is 2.08. The Morgan fingerprint density at radius 1 is 0.538 bits per heavy atom. The van der Waals surface area contributed by atoms with Crippen LogP contribution < -0.4 is 5.73 Å². The molecule has 2 nitrogen and oxygen atoms in total. The molecule has 0 fully saturated rings. The van der Waals surface area contributed by atoms with Crippen molar-refractivity contribution in [2.75, 3.05) is 0 Å². The van der Waals surface area contributed by atoms with E-state index in [2.05, 4.69) is 72.8 Å². The molecular weight excluding hydrogens is 316 g/mol. The van der Waals surface area contributed by atoms with Crippen LogP contribution in [0.4, 0.5) is 0 Å². The molecule has 0 atom stereocenters. The number of aromatic nitrogens is 1. The maximum Gasteiger partial charge on any atom is 0.0715 e. The summed E-state index contributed by atoms with van der Waals surface area (Å²) in [5.41, 5.74) is 13.3. The molecule has 3 aromatic carbocycles. The number of nitrogens with two attached hydrogens (primary N) is 1. The van der Waals surface area contributed by atoms with Gasteiger partial charge in [0.1, 0.15) is 0 Å². The van der Waals surface area contributed by atoms with Crippen molar-refractivity contribution in [3.05, 3.63) is 103 Å². The van der Waals surface area contributed by atoms with Crippen molar-refractivity contribution in [3.8, 4) is 33.6 Å². The molecule has 26 heavy (non-hydrogen) atoms. The predicted octanol–water partition coefficient (Wildman–Crippen LogP) is 5.54. The fourth-order valence-corrected chi connectivity index (χ4v) is 3.04. The number of nitrogens with zero attached hydrogens (tertiary/aromatic N) is 1. The van der Waals surface area contributed by atoms with Gasteiger partial charge in [0.05, 0.1) is 11.4 Å². The maximum absolute atomic E-state index is 5.72. The van der Waals surface area contributed by atoms with E-state index < -0.39 is 0 Å². The fraction of sp³-hybridized carbons (Fsp3) is 0.0417. The van der Waals surface area contributed by atoms with Crippen molar-refractivity contribution in [1.29, 1.82) is 0 Å². The Morgan fingerprint density at radius 3 is 1.58 bits per heavy atom. The van der Waals surface area contributed by atoms with Crippen LogP contribution in [0.15, 0.2) is 97.1 Å². The highest BCUT2D eigenvalue weighted by atomic mass is 14.7. The van der Waals surface area contributed by atoms with Gasteiger partial charge < -0.3 is 5.73 Å². The smallest absolute Gasteiger partial charge is 0.0715 e. The molecule has 126 valence electrons. The molecular formula is C24H20N2. The summed E-state index contributed by atoms with van der Waals surface area (Å²) >= 11 is 0. The van der Waals surface area contributed by atoms with Crippen molar-refractivity contribution < 1.29 is 0 Å². The lowest BCUT2D eigenvalue weighted by Gasteiger charge is -2.10. The Labute approximate surface area is 154 Å². The minimum Gasteiger partial charge on any atom is -0.326 e. The van der Waals surface area contributed by atoms with Crippen molar-refractivity contribution in [3.63, 3.8) is 0 Å². The molecule has 4 aromatic rings. The van der Waals surface area contributed by atoms with E-state index in [-0.39, 0.29) is 0 Å². The molecule has 0 aliphatic heterocycles. The molecule has 0 aliphatic rings. The van der Waals surface area contributed by atoms with Crippen LogP contribution in [-0.2, 0) is 6.54 Å². The minimum atomic E-state index is 0.549. The Kier molecular flexibility index (Phi) is 4.59. The van der Waals surface area contributed by atoms with Crippen LogP contribution in [0.1, 0.15) is 5.56 Å². The summed E-state index contributed by atoms with van der Waals surface area (Å²) in [4.78, 5) is 4.92. The number of hydrogen-bond acceptors (Lipinski definition) is 2. The van der Waals surface area contributed by atoms with Crippen LogP contribution in [0.25, 0.3) is 33.6 Å². The molecule has 0 saturated heterocycles. The third-order valence-electron chi connectivity index (χ3n) is 4.49. The Bertz CT molecular complexity index is 934. The second-order valence-corrected chi connectivity index (χ2v) is 6.26. The molecule has 2 heteroatoms. The van der Waals surface area contributed by atoms with Gasteiger partial charge in [0, 0.05) is 17.7 Å². The highest BCUT2D eigenvalue weighted by molar-refractivity contribution is 5.76. The zero-order valence-corrected chi connectivity index (χ0v) is 14.5. The van der Waals surface area contributed by atoms with E-state index in [1.165, 1.54) is 5.56 Å². The van der Waals surface area contributed by atoms with E-state index >= 15 is 0 Å². The molecule has 0 unspecified atom stereocenters. The molecule has 0 amide bonds. The Balaban J connectivity index is 1.87. The average Bonchev–Trinajstić information content (AvgIpc) is 2.75. The second-order valence-electron chi connectivity index (χ2n) is 6.26. The molecule has 1 aromatic heterocycles. The van der Waals surface area contributed by atoms with E-state index in [4.69, 9.17) is 10.7 Å². The van der Waals surface area contributed by atoms with Gasteiger partial charge in [0.15, 0.2) is 0 Å². The van der Waals surface area contributed by atoms with Gasteiger partial charge in [-0.3, -0.25) is 0 Å². The zero-order chi connectivity index (χ0) is 17.8. The van der Waals surface area contributed by atoms with Gasteiger partial charge in [-0.15, -0.1) is 0 Å². The average molecular weight is 336 g/mol. The molecule has 0 spiro atoms. The summed E-state index contributed by atoms with van der Waals surface area (Å²) in [5, 5.41) is 0. The third kappa shape index (κ3) is 3.41. The van der Waals surface area contributed by atoms with Gasteiger partial charge >= 0.3 is 0 Å². The van der Waals surface area contributed by atoms with Crippen molar-refractivity contribution in [2.45, 2.75) is 6.54 Å². The molecule has 0 bridgehead atoms. The fourth-order valence-electron chi connectivity index (χ4n) is 3.04. The van der Waals surface area contributed by atoms with Crippen LogP contribution in [0.5, 0.6) is 0 Å². The van der Waals surface area contributed by atoms with E-state index in [1.807, 2.05) is 24.3 Å². The second kappa shape index (κ2) is 7.34. The molecule has 0 saturated carbocycles. The van der Waals surface area contributed by atoms with Gasteiger partial charge in [-0.25, -0.2) is 4.98 Å². The van der Waals surface area contributed by atoms with Crippen molar-refractivity contribution in [2.24, 2.45) is 5.73 Å². The van der Waals surface area contributed by atoms with E-state index in [0.717, 1.165) is 33.6 Å². The van der Waals surface area contributed by atoms with Gasteiger partial charge in [0.2, 0.25) is 0 Å². The van der Waals surface area contributed by atoms with E-state index in [0.29, 0.717) is 6.54 Å². The van der Waals surface area contributed by atoms with E-state index in [1.54, 1.807) is 0 Å². The summed E-state index contributed by atoms with van der Waals surface area (Å²) in [5.74, 6) is 0. The first-order valence-corrected chi connectivity index (χ1v) is 8.76. The molecule has 1 heterocycles. The van der Waals surface area contributed by atoms with Crippen LogP contribution in [-0.4, -0.2) is 4.98 Å². The quantitative estimate of drug-likeness (QED) is 0.531. The summed E-state index contributed by atoms with van der Waals surface area (Å²) in [6.07, 6.45) is 0. The van der Waals surface area contributed by atoms with Crippen molar-refractivity contribution >= 4 is 0 Å². The SMILES string of the molecule is NCc1ccc(-c2cc(-c3ccccc3)cc(-c3ccccc3)n2)cc1. The lowest BCUT2D eigenvalue weighted by molar-refractivity contribution is 1.07. The largest absolute Gasteiger partial charge is 0.326 e. The summed E-state index contributed by atoms with van der Waals surface area (Å²) in [6.45, 7) is 0.549. The predicted molar refractivity (Wildman–Crippen MR) is 108 cm³/mol. The first kappa shape index (κ1) is 16.2. The zero-order valence-electron chi connectivity index (χ0n) is 14.5. The van der Waals surface area contributed by atoms with Gasteiger partial charge in [0.25, 0.3) is 0 Å². The molecule has 0 aliphatic carbocycles. The van der Waals surface area contributed by atoms with Crippen LogP contribution >= 0.6 is 0 Å². The standard InChI is InChI=1S/C24H20N2/c25-17-18-11-13-21(14-12-18)24-16-22(19-7-3-1-4-8-19)15-23(26-24)20-9-5-2-6-10-20/h1-16H,17,25H2. The maximum atomic E-state index is 5.72. The van der Waals surface area contributed by atoms with Crippen LogP contribution in [0.2, 0.25) is 0 Å². The molecule has 4 rings (SSSR count). The number of hydrogen-bond donors (Lipinski definition) is 1. The first-order chi connectivity index (χ1) is 12.8. The minimum absolute atomic E-state index is 0.549. The van der Waals surface area contributed by atoms with Gasteiger partial charge in [-0.1, -0.05) is 84.9 Å².